The summed E-state index contributed by atoms with van der Waals surface area (Å²) in [6, 6.07) is 11.6. The summed E-state index contributed by atoms with van der Waals surface area (Å²) >= 11 is 0. The van der Waals surface area contributed by atoms with Gasteiger partial charge in [-0.05, 0) is 48.7 Å². The number of Topliss-reactive ketones (excluding diaryl/α,β-unsaturated/α-hetero) is 1. The molecule has 0 radical (unpaired) electrons. The van der Waals surface area contributed by atoms with E-state index < -0.39 is 17.7 Å². The molecule has 1 atom stereocenters. The van der Waals surface area contributed by atoms with Crippen molar-refractivity contribution in [2.75, 3.05) is 19.9 Å². The average Bonchev–Trinajstić information content (AvgIpc) is 3.35. The predicted molar refractivity (Wildman–Crippen MR) is 114 cm³/mol. The van der Waals surface area contributed by atoms with Crippen molar-refractivity contribution in [3.05, 3.63) is 59.2 Å². The van der Waals surface area contributed by atoms with Crippen molar-refractivity contribution in [2.45, 2.75) is 32.7 Å². The van der Waals surface area contributed by atoms with E-state index in [4.69, 9.17) is 14.2 Å². The Labute approximate surface area is 180 Å². The van der Waals surface area contributed by atoms with Crippen LogP contribution < -0.4 is 14.2 Å². The Morgan fingerprint density at radius 2 is 1.81 bits per heavy atom. The summed E-state index contributed by atoms with van der Waals surface area (Å²) in [5.41, 5.74) is 1.20. The molecule has 2 heterocycles. The van der Waals surface area contributed by atoms with Gasteiger partial charge in [0.05, 0.1) is 18.2 Å². The second-order valence-corrected chi connectivity index (χ2v) is 7.48. The highest BCUT2D eigenvalue weighted by Crippen LogP contribution is 2.41. The standard InChI is InChI=1S/C24H25NO6/c1-3-11-25-21(15-5-8-17(9-6-15)29-12-4-2)20(23(27)24(25)28)22(26)16-7-10-18-19(13-16)31-14-30-18/h5-10,13,21,26H,3-4,11-12,14H2,1-2H3/b22-20-. The fourth-order valence-corrected chi connectivity index (χ4v) is 3.86. The van der Waals surface area contributed by atoms with Crippen molar-refractivity contribution in [1.82, 2.24) is 4.90 Å². The van der Waals surface area contributed by atoms with Gasteiger partial charge in [-0.1, -0.05) is 26.0 Å². The maximum absolute atomic E-state index is 12.9. The number of nitrogens with zero attached hydrogens (tertiary/aromatic N) is 1. The molecule has 1 unspecified atom stereocenters. The van der Waals surface area contributed by atoms with Crippen LogP contribution in [0.1, 0.15) is 43.9 Å². The number of ketones is 1. The van der Waals surface area contributed by atoms with Gasteiger partial charge in [0, 0.05) is 12.1 Å². The van der Waals surface area contributed by atoms with E-state index in [-0.39, 0.29) is 18.1 Å². The highest BCUT2D eigenvalue weighted by Gasteiger charge is 2.45. The van der Waals surface area contributed by atoms with E-state index in [1.807, 2.05) is 38.1 Å². The molecule has 7 nitrogen and oxygen atoms in total. The lowest BCUT2D eigenvalue weighted by molar-refractivity contribution is -0.139. The average molecular weight is 423 g/mol. The SMILES string of the molecule is CCCOc1ccc(C2/C(=C(/O)c3ccc4c(c3)OCO4)C(=O)C(=O)N2CCC)cc1. The first-order valence-corrected chi connectivity index (χ1v) is 10.5. The lowest BCUT2D eigenvalue weighted by atomic mass is 9.95. The van der Waals surface area contributed by atoms with Crippen molar-refractivity contribution < 1.29 is 28.9 Å². The Balaban J connectivity index is 1.77. The van der Waals surface area contributed by atoms with E-state index in [9.17, 15) is 14.7 Å². The van der Waals surface area contributed by atoms with Gasteiger partial charge in [0.15, 0.2) is 11.5 Å². The third kappa shape index (κ3) is 3.83. The van der Waals surface area contributed by atoms with Gasteiger partial charge in [-0.25, -0.2) is 0 Å². The Morgan fingerprint density at radius 3 is 2.52 bits per heavy atom. The highest BCUT2D eigenvalue weighted by atomic mass is 16.7. The van der Waals surface area contributed by atoms with Crippen molar-refractivity contribution in [3.63, 3.8) is 0 Å². The quantitative estimate of drug-likeness (QED) is 0.411. The molecule has 31 heavy (non-hydrogen) atoms. The molecular formula is C24H25NO6. The first-order chi connectivity index (χ1) is 15.0. The number of hydrogen-bond acceptors (Lipinski definition) is 6. The van der Waals surface area contributed by atoms with E-state index in [1.54, 1.807) is 18.2 Å². The predicted octanol–water partition coefficient (Wildman–Crippen LogP) is 4.04. The van der Waals surface area contributed by atoms with Crippen LogP contribution in [0.3, 0.4) is 0 Å². The maximum Gasteiger partial charge on any atom is 0.295 e. The van der Waals surface area contributed by atoms with Gasteiger partial charge >= 0.3 is 0 Å². The normalized spacial score (nSPS) is 19.2. The van der Waals surface area contributed by atoms with Crippen LogP contribution in [0.5, 0.6) is 17.2 Å². The molecule has 1 amide bonds. The van der Waals surface area contributed by atoms with Gasteiger partial charge in [-0.2, -0.15) is 0 Å². The molecule has 2 aromatic rings. The molecule has 1 saturated heterocycles. The number of carbonyl (C=O) groups is 2. The lowest BCUT2D eigenvalue weighted by Gasteiger charge is -2.25. The van der Waals surface area contributed by atoms with Crippen LogP contribution in [0.2, 0.25) is 0 Å². The largest absolute Gasteiger partial charge is 0.507 e. The number of carbonyl (C=O) groups excluding carboxylic acids is 2. The summed E-state index contributed by atoms with van der Waals surface area (Å²) in [5.74, 6) is 0.240. The van der Waals surface area contributed by atoms with Crippen molar-refractivity contribution >= 4 is 17.4 Å². The number of ether oxygens (including phenoxy) is 3. The third-order valence-electron chi connectivity index (χ3n) is 5.32. The summed E-state index contributed by atoms with van der Waals surface area (Å²) in [4.78, 5) is 27.2. The van der Waals surface area contributed by atoms with Gasteiger partial charge in [0.2, 0.25) is 6.79 Å². The molecule has 4 rings (SSSR count). The molecule has 0 spiro atoms. The number of hydrogen-bond donors (Lipinski definition) is 1. The summed E-state index contributed by atoms with van der Waals surface area (Å²) in [6.45, 7) is 5.09. The van der Waals surface area contributed by atoms with Gasteiger partial charge < -0.3 is 24.2 Å². The van der Waals surface area contributed by atoms with Gasteiger partial charge in [0.1, 0.15) is 11.5 Å². The van der Waals surface area contributed by atoms with Crippen LogP contribution in [0.15, 0.2) is 48.0 Å². The molecule has 2 aliphatic heterocycles. The summed E-state index contributed by atoms with van der Waals surface area (Å²) in [7, 11) is 0. The van der Waals surface area contributed by atoms with Crippen molar-refractivity contribution in [1.29, 1.82) is 0 Å². The number of likely N-dealkylation sites (tertiary alicyclic amines) is 1. The minimum Gasteiger partial charge on any atom is -0.507 e. The Kier molecular flexibility index (Phi) is 5.84. The fourth-order valence-electron chi connectivity index (χ4n) is 3.86. The minimum absolute atomic E-state index is 0.0690. The number of fused-ring (bicyclic) bond motifs is 1. The van der Waals surface area contributed by atoms with Crippen molar-refractivity contribution in [2.24, 2.45) is 0 Å². The number of aliphatic hydroxyl groups excluding tert-OH is 1. The monoisotopic (exact) mass is 423 g/mol. The van der Waals surface area contributed by atoms with Crippen LogP contribution in [0, 0.1) is 0 Å². The van der Waals surface area contributed by atoms with Gasteiger partial charge in [0.25, 0.3) is 11.7 Å². The Bertz CT molecular complexity index is 1030. The summed E-state index contributed by atoms with van der Waals surface area (Å²) < 4.78 is 16.3. The van der Waals surface area contributed by atoms with E-state index in [2.05, 4.69) is 0 Å². The number of benzene rings is 2. The van der Waals surface area contributed by atoms with Crippen LogP contribution in [-0.2, 0) is 9.59 Å². The molecule has 0 bridgehead atoms. The molecule has 0 aliphatic carbocycles. The zero-order valence-electron chi connectivity index (χ0n) is 17.6. The zero-order chi connectivity index (χ0) is 22.0. The molecule has 7 heteroatoms. The van der Waals surface area contributed by atoms with Crippen LogP contribution in [0.4, 0.5) is 0 Å². The lowest BCUT2D eigenvalue weighted by Crippen LogP contribution is -2.30. The van der Waals surface area contributed by atoms with Crippen LogP contribution >= 0.6 is 0 Å². The van der Waals surface area contributed by atoms with E-state index >= 15 is 0 Å². The number of rotatable bonds is 7. The maximum atomic E-state index is 12.9. The minimum atomic E-state index is -0.695. The van der Waals surface area contributed by atoms with Crippen LogP contribution in [-0.4, -0.2) is 41.6 Å². The summed E-state index contributed by atoms with van der Waals surface area (Å²) in [6.07, 6.45) is 1.58. The topological polar surface area (TPSA) is 85.3 Å². The molecule has 2 aromatic carbocycles. The first kappa shape index (κ1) is 20.8. The second-order valence-electron chi connectivity index (χ2n) is 7.48. The highest BCUT2D eigenvalue weighted by molar-refractivity contribution is 6.46. The smallest absolute Gasteiger partial charge is 0.295 e. The first-order valence-electron chi connectivity index (χ1n) is 10.5. The number of amides is 1. The molecule has 162 valence electrons. The second kappa shape index (κ2) is 8.71. The van der Waals surface area contributed by atoms with Crippen LogP contribution in [0.25, 0.3) is 5.76 Å². The zero-order valence-corrected chi connectivity index (χ0v) is 17.6. The molecule has 1 fully saturated rings. The molecule has 0 saturated carbocycles. The van der Waals surface area contributed by atoms with E-state index in [0.717, 1.165) is 12.0 Å². The third-order valence-corrected chi connectivity index (χ3v) is 5.32. The van der Waals surface area contributed by atoms with Gasteiger partial charge in [-0.3, -0.25) is 9.59 Å². The Morgan fingerprint density at radius 1 is 1.06 bits per heavy atom. The molecule has 2 aliphatic rings. The van der Waals surface area contributed by atoms with E-state index in [1.165, 1.54) is 4.90 Å². The molecule has 0 aromatic heterocycles. The van der Waals surface area contributed by atoms with Gasteiger partial charge in [-0.15, -0.1) is 0 Å². The van der Waals surface area contributed by atoms with E-state index in [0.29, 0.717) is 42.4 Å². The Hall–Kier alpha value is -3.48. The molecule has 1 N–H and O–H groups in total. The summed E-state index contributed by atoms with van der Waals surface area (Å²) in [5, 5.41) is 11.1. The fraction of sp³-hybridized carbons (Fsp3) is 0.333. The number of aliphatic hydroxyl groups is 1. The van der Waals surface area contributed by atoms with Crippen molar-refractivity contribution in [3.8, 4) is 17.2 Å². The molecular weight excluding hydrogens is 398 g/mol.